The van der Waals surface area contributed by atoms with E-state index in [9.17, 15) is 4.79 Å². The van der Waals surface area contributed by atoms with Crippen LogP contribution >= 0.6 is 35.6 Å². The Kier molecular flexibility index (Phi) is 9.65. The van der Waals surface area contributed by atoms with Gasteiger partial charge in [-0.25, -0.2) is 0 Å². The Labute approximate surface area is 183 Å². The highest BCUT2D eigenvalue weighted by molar-refractivity contribution is 14.0. The van der Waals surface area contributed by atoms with Gasteiger partial charge in [0.1, 0.15) is 0 Å². The zero-order chi connectivity index (χ0) is 19.1. The topological polar surface area (TPSA) is 61.7 Å². The molecule has 1 heterocycles. The molecule has 0 aliphatic rings. The van der Waals surface area contributed by atoms with Gasteiger partial charge in [-0.05, 0) is 36.8 Å². The molecule has 0 atom stereocenters. The van der Waals surface area contributed by atoms with Crippen LogP contribution in [0, 0.1) is 6.92 Å². The smallest absolute Gasteiger partial charge is 0.226 e. The number of carbonyl (C=O) groups excluding carboxylic acids is 1. The Bertz CT molecular complexity index is 790. The molecule has 8 heteroatoms. The van der Waals surface area contributed by atoms with E-state index in [-0.39, 0.29) is 29.9 Å². The van der Waals surface area contributed by atoms with Crippen LogP contribution in [0.2, 0.25) is 5.02 Å². The molecular weight excluding hydrogens is 477 g/mol. The zero-order valence-corrected chi connectivity index (χ0v) is 19.2. The Morgan fingerprint density at radius 2 is 2.07 bits per heavy atom. The number of halogens is 2. The number of nitrogens with zero attached hydrogens (tertiary/aromatic N) is 3. The molecule has 1 aromatic heterocycles. The quantitative estimate of drug-likeness (QED) is 0.359. The lowest BCUT2D eigenvalue weighted by Crippen LogP contribution is -2.40. The number of guanidine groups is 1. The highest BCUT2D eigenvalue weighted by Gasteiger charge is 2.10. The number of nitrogens with one attached hydrogen (secondary N) is 2. The van der Waals surface area contributed by atoms with Crippen molar-refractivity contribution in [1.29, 1.82) is 0 Å². The first-order chi connectivity index (χ1) is 12.4. The number of rotatable bonds is 6. The largest absolute Gasteiger partial charge is 0.356 e. The maximum atomic E-state index is 12.1. The van der Waals surface area contributed by atoms with Gasteiger partial charge in [0, 0.05) is 46.0 Å². The second-order valence-electron chi connectivity index (χ2n) is 6.22. The van der Waals surface area contributed by atoms with Crippen LogP contribution < -0.4 is 10.6 Å². The fraction of sp³-hybridized carbons (Fsp3) is 0.368. The third-order valence-electron chi connectivity index (χ3n) is 4.06. The Hall–Kier alpha value is -1.74. The van der Waals surface area contributed by atoms with Gasteiger partial charge in [-0.2, -0.15) is 0 Å². The number of hydrogen-bond donors (Lipinski definition) is 2. The molecule has 27 heavy (non-hydrogen) atoms. The summed E-state index contributed by atoms with van der Waals surface area (Å²) in [6.07, 6.45) is 2.33. The number of hydrogen-bond acceptors (Lipinski definition) is 2. The number of anilines is 1. The zero-order valence-electron chi connectivity index (χ0n) is 16.1. The molecule has 1 amide bonds. The molecule has 0 saturated heterocycles. The van der Waals surface area contributed by atoms with Gasteiger partial charge >= 0.3 is 0 Å². The minimum Gasteiger partial charge on any atom is -0.356 e. The lowest BCUT2D eigenvalue weighted by atomic mass is 10.2. The van der Waals surface area contributed by atoms with Crippen molar-refractivity contribution in [2.75, 3.05) is 26.0 Å². The van der Waals surface area contributed by atoms with Crippen LogP contribution in [-0.2, 0) is 18.4 Å². The highest BCUT2D eigenvalue weighted by Crippen LogP contribution is 2.22. The first kappa shape index (κ1) is 23.3. The molecule has 0 aliphatic carbocycles. The molecule has 0 radical (unpaired) electrons. The van der Waals surface area contributed by atoms with Gasteiger partial charge in [0.15, 0.2) is 5.96 Å². The normalized spacial score (nSPS) is 10.9. The lowest BCUT2D eigenvalue weighted by molar-refractivity contribution is -0.116. The van der Waals surface area contributed by atoms with Crippen LogP contribution in [0.15, 0.2) is 41.5 Å². The number of carbonyl (C=O) groups is 1. The van der Waals surface area contributed by atoms with E-state index < -0.39 is 0 Å². The highest BCUT2D eigenvalue weighted by atomic mass is 127. The van der Waals surface area contributed by atoms with Crippen molar-refractivity contribution in [3.05, 3.63) is 52.8 Å². The fourth-order valence-electron chi connectivity index (χ4n) is 2.59. The van der Waals surface area contributed by atoms with Gasteiger partial charge in [-0.3, -0.25) is 9.79 Å². The van der Waals surface area contributed by atoms with Gasteiger partial charge in [-0.15, -0.1) is 24.0 Å². The van der Waals surface area contributed by atoms with E-state index in [1.807, 2.05) is 56.4 Å². The van der Waals surface area contributed by atoms with Crippen molar-refractivity contribution in [2.24, 2.45) is 12.0 Å². The van der Waals surface area contributed by atoms with E-state index in [0.29, 0.717) is 23.7 Å². The Morgan fingerprint density at radius 1 is 1.33 bits per heavy atom. The molecular formula is C19H27ClIN5O. The summed E-state index contributed by atoms with van der Waals surface area (Å²) in [4.78, 5) is 18.4. The van der Waals surface area contributed by atoms with E-state index in [4.69, 9.17) is 11.6 Å². The van der Waals surface area contributed by atoms with E-state index >= 15 is 0 Å². The molecule has 0 bridgehead atoms. The summed E-state index contributed by atoms with van der Waals surface area (Å²) in [6, 6.07) is 9.65. The van der Waals surface area contributed by atoms with Crippen molar-refractivity contribution >= 4 is 53.1 Å². The summed E-state index contributed by atoms with van der Waals surface area (Å²) in [5.74, 6) is 0.649. The summed E-state index contributed by atoms with van der Waals surface area (Å²) in [7, 11) is 5.71. The molecule has 0 unspecified atom stereocenters. The first-order valence-corrected chi connectivity index (χ1v) is 8.86. The predicted octanol–water partition coefficient (Wildman–Crippen LogP) is 3.64. The minimum absolute atomic E-state index is 0. The van der Waals surface area contributed by atoms with Gasteiger partial charge in [-0.1, -0.05) is 17.7 Å². The lowest BCUT2D eigenvalue weighted by Gasteiger charge is -2.22. The minimum atomic E-state index is -0.0937. The number of benzene rings is 1. The summed E-state index contributed by atoms with van der Waals surface area (Å²) in [6.45, 7) is 3.17. The van der Waals surface area contributed by atoms with Crippen LogP contribution in [0.5, 0.6) is 0 Å². The maximum absolute atomic E-state index is 12.1. The molecule has 0 spiro atoms. The Balaban J connectivity index is 0.00000364. The molecule has 6 nitrogen and oxygen atoms in total. The predicted molar refractivity (Wildman–Crippen MR) is 123 cm³/mol. The van der Waals surface area contributed by atoms with Gasteiger partial charge in [0.05, 0.1) is 17.3 Å². The van der Waals surface area contributed by atoms with Gasteiger partial charge in [0.25, 0.3) is 0 Å². The van der Waals surface area contributed by atoms with Gasteiger partial charge in [0.2, 0.25) is 5.91 Å². The average Bonchev–Trinajstić information content (AvgIpc) is 2.99. The molecule has 2 rings (SSSR count). The van der Waals surface area contributed by atoms with Crippen molar-refractivity contribution in [2.45, 2.75) is 19.9 Å². The number of aryl methyl sites for hydroxylation is 2. The molecule has 0 fully saturated rings. The molecule has 0 saturated carbocycles. The van der Waals surface area contributed by atoms with E-state index in [0.717, 1.165) is 18.1 Å². The molecule has 2 N–H and O–H groups in total. The summed E-state index contributed by atoms with van der Waals surface area (Å²) in [5.41, 5.74) is 2.87. The van der Waals surface area contributed by atoms with Crippen LogP contribution in [0.4, 0.5) is 5.69 Å². The molecule has 2 aromatic rings. The van der Waals surface area contributed by atoms with E-state index in [1.54, 1.807) is 7.05 Å². The average molecular weight is 504 g/mol. The number of amides is 1. The molecule has 148 valence electrons. The number of aromatic nitrogens is 1. The summed E-state index contributed by atoms with van der Waals surface area (Å²) >= 11 is 6.14. The van der Waals surface area contributed by atoms with Crippen LogP contribution in [-0.4, -0.2) is 42.0 Å². The first-order valence-electron chi connectivity index (χ1n) is 8.48. The van der Waals surface area contributed by atoms with Crippen LogP contribution in [0.3, 0.4) is 0 Å². The summed E-state index contributed by atoms with van der Waals surface area (Å²) < 4.78 is 2.07. The van der Waals surface area contributed by atoms with Crippen LogP contribution in [0.25, 0.3) is 0 Å². The van der Waals surface area contributed by atoms with Gasteiger partial charge < -0.3 is 20.1 Å². The van der Waals surface area contributed by atoms with Crippen molar-refractivity contribution in [3.63, 3.8) is 0 Å². The fourth-order valence-corrected chi connectivity index (χ4v) is 2.87. The molecule has 1 aromatic carbocycles. The van der Waals surface area contributed by atoms with Crippen molar-refractivity contribution in [3.8, 4) is 0 Å². The second kappa shape index (κ2) is 11.2. The van der Waals surface area contributed by atoms with E-state index in [1.165, 1.54) is 5.69 Å². The second-order valence-corrected chi connectivity index (χ2v) is 6.63. The third-order valence-corrected chi connectivity index (χ3v) is 4.37. The standard InChI is InChI=1S/C19H26ClN5O.HI/c1-14-7-8-17(16(20)12-14)23-18(26)9-10-22-19(21-2)25(4)13-15-6-5-11-24(15)3;/h5-8,11-12H,9-10,13H2,1-4H3,(H,21,22)(H,23,26);1H. The monoisotopic (exact) mass is 503 g/mol. The van der Waals surface area contributed by atoms with Crippen LogP contribution in [0.1, 0.15) is 17.7 Å². The summed E-state index contributed by atoms with van der Waals surface area (Å²) in [5, 5.41) is 6.59. The third kappa shape index (κ3) is 7.06. The van der Waals surface area contributed by atoms with Crippen molar-refractivity contribution in [1.82, 2.24) is 14.8 Å². The maximum Gasteiger partial charge on any atom is 0.226 e. The van der Waals surface area contributed by atoms with Crippen molar-refractivity contribution < 1.29 is 4.79 Å². The molecule has 0 aliphatic heterocycles. The SMILES string of the molecule is CN=C(NCCC(=O)Nc1ccc(C)cc1Cl)N(C)Cc1cccn1C.I. The number of aliphatic imine (C=N–C) groups is 1. The van der Waals surface area contributed by atoms with E-state index in [2.05, 4.69) is 26.3 Å². The Morgan fingerprint density at radius 3 is 2.67 bits per heavy atom.